The summed E-state index contributed by atoms with van der Waals surface area (Å²) in [6.45, 7) is 10.8. The second-order valence-electron chi connectivity index (χ2n) is 7.27. The number of carbonyl (C=O) groups excluding carboxylic acids is 1. The molecule has 0 saturated heterocycles. The van der Waals surface area contributed by atoms with Crippen LogP contribution in [0.5, 0.6) is 5.75 Å². The average molecular weight is 425 g/mol. The molecule has 6 nitrogen and oxygen atoms in total. The zero-order valence-corrected chi connectivity index (χ0v) is 18.9. The summed E-state index contributed by atoms with van der Waals surface area (Å²) < 4.78 is 7.98. The number of para-hydroxylation sites is 1. The highest BCUT2D eigenvalue weighted by atomic mass is 32.2. The fourth-order valence-corrected chi connectivity index (χ4v) is 4.25. The van der Waals surface area contributed by atoms with E-state index in [-0.39, 0.29) is 17.8 Å². The number of nitrogens with zero attached hydrogens (tertiary/aromatic N) is 3. The highest BCUT2D eigenvalue weighted by Crippen LogP contribution is 2.26. The van der Waals surface area contributed by atoms with Gasteiger partial charge >= 0.3 is 0 Å². The Hall–Kier alpha value is -2.80. The molecule has 1 heterocycles. The molecule has 0 aliphatic rings. The van der Waals surface area contributed by atoms with Crippen molar-refractivity contribution in [1.29, 1.82) is 0 Å². The largest absolute Gasteiger partial charge is 0.483 e. The van der Waals surface area contributed by atoms with Gasteiger partial charge in [0, 0.05) is 12.2 Å². The lowest BCUT2D eigenvalue weighted by molar-refractivity contribution is -0.113. The van der Waals surface area contributed by atoms with Crippen LogP contribution < -0.4 is 10.1 Å². The van der Waals surface area contributed by atoms with Gasteiger partial charge in [-0.15, -0.1) is 10.2 Å². The van der Waals surface area contributed by atoms with E-state index < -0.39 is 0 Å². The molecule has 0 fully saturated rings. The third kappa shape index (κ3) is 5.21. The van der Waals surface area contributed by atoms with Gasteiger partial charge in [0.1, 0.15) is 5.75 Å². The molecule has 0 radical (unpaired) electrons. The second-order valence-corrected chi connectivity index (χ2v) is 8.21. The fraction of sp³-hybridized carbons (Fsp3) is 0.348. The zero-order valence-electron chi connectivity index (χ0n) is 18.1. The third-order valence-electron chi connectivity index (χ3n) is 4.76. The van der Waals surface area contributed by atoms with Crippen molar-refractivity contribution < 1.29 is 9.53 Å². The first-order valence-electron chi connectivity index (χ1n) is 10.0. The summed E-state index contributed by atoms with van der Waals surface area (Å²) in [6, 6.07) is 13.8. The molecule has 158 valence electrons. The van der Waals surface area contributed by atoms with Gasteiger partial charge in [-0.05, 0) is 57.9 Å². The fourth-order valence-electron chi connectivity index (χ4n) is 3.44. The van der Waals surface area contributed by atoms with Gasteiger partial charge in [-0.25, -0.2) is 0 Å². The Kier molecular flexibility index (Phi) is 7.15. The maximum absolute atomic E-state index is 12.5. The summed E-state index contributed by atoms with van der Waals surface area (Å²) in [5, 5.41) is 12.4. The number of ether oxygens (including phenoxy) is 1. The summed E-state index contributed by atoms with van der Waals surface area (Å²) in [5.41, 5.74) is 4.20. The summed E-state index contributed by atoms with van der Waals surface area (Å²) >= 11 is 1.38. The summed E-state index contributed by atoms with van der Waals surface area (Å²) in [7, 11) is 0. The number of hydrogen-bond acceptors (Lipinski definition) is 5. The lowest BCUT2D eigenvalue weighted by Gasteiger charge is -2.15. The molecule has 7 heteroatoms. The molecule has 0 aliphatic carbocycles. The van der Waals surface area contributed by atoms with E-state index in [0.717, 1.165) is 28.4 Å². The van der Waals surface area contributed by atoms with Crippen LogP contribution in [0.2, 0.25) is 0 Å². The molecule has 0 aliphatic heterocycles. The number of nitrogens with one attached hydrogen (secondary N) is 1. The van der Waals surface area contributed by atoms with Crippen molar-refractivity contribution >= 4 is 23.4 Å². The van der Waals surface area contributed by atoms with E-state index in [1.54, 1.807) is 0 Å². The first-order chi connectivity index (χ1) is 14.4. The van der Waals surface area contributed by atoms with Gasteiger partial charge in [-0.2, -0.15) is 0 Å². The Labute approximate surface area is 182 Å². The topological polar surface area (TPSA) is 69.0 Å². The Balaban J connectivity index is 1.65. The first-order valence-corrected chi connectivity index (χ1v) is 11.0. The number of thioether (sulfide) groups is 1. The number of anilines is 1. The minimum absolute atomic E-state index is 0.0594. The lowest BCUT2D eigenvalue weighted by Crippen LogP contribution is -2.17. The summed E-state index contributed by atoms with van der Waals surface area (Å²) in [5.74, 6) is 1.73. The number of benzene rings is 2. The Morgan fingerprint density at radius 3 is 2.43 bits per heavy atom. The molecule has 0 bridgehead atoms. The van der Waals surface area contributed by atoms with Gasteiger partial charge in [-0.1, -0.05) is 47.7 Å². The molecule has 1 amide bonds. The highest BCUT2D eigenvalue weighted by Gasteiger charge is 2.19. The maximum Gasteiger partial charge on any atom is 0.234 e. The molecule has 30 heavy (non-hydrogen) atoms. The maximum atomic E-state index is 12.5. The van der Waals surface area contributed by atoms with Crippen molar-refractivity contribution in [3.63, 3.8) is 0 Å². The molecule has 1 atom stereocenters. The van der Waals surface area contributed by atoms with E-state index in [9.17, 15) is 4.79 Å². The number of amides is 1. The smallest absolute Gasteiger partial charge is 0.234 e. The molecule has 3 rings (SSSR count). The number of rotatable bonds is 8. The molecule has 1 N–H and O–H groups in total. The minimum atomic E-state index is -0.249. The third-order valence-corrected chi connectivity index (χ3v) is 5.72. The number of hydrogen-bond donors (Lipinski definition) is 1. The van der Waals surface area contributed by atoms with Crippen LogP contribution in [-0.2, 0) is 11.3 Å². The van der Waals surface area contributed by atoms with Gasteiger partial charge in [-0.3, -0.25) is 4.79 Å². The molecule has 0 saturated carbocycles. The van der Waals surface area contributed by atoms with Crippen LogP contribution in [0.3, 0.4) is 0 Å². The molecular weight excluding hydrogens is 396 g/mol. The van der Waals surface area contributed by atoms with Crippen LogP contribution in [-0.4, -0.2) is 26.4 Å². The molecule has 0 unspecified atom stereocenters. The predicted octanol–water partition coefficient (Wildman–Crippen LogP) is 5.09. The van der Waals surface area contributed by atoms with E-state index in [2.05, 4.69) is 34.6 Å². The summed E-state index contributed by atoms with van der Waals surface area (Å²) in [4.78, 5) is 12.5. The monoisotopic (exact) mass is 424 g/mol. The van der Waals surface area contributed by atoms with Crippen LogP contribution in [0.15, 0.2) is 47.6 Å². The summed E-state index contributed by atoms with van der Waals surface area (Å²) in [6.07, 6.45) is -0.249. The number of aryl methyl sites for hydroxylation is 3. The number of carbonyl (C=O) groups is 1. The Bertz CT molecular complexity index is 994. The molecule has 1 aromatic heterocycles. The minimum Gasteiger partial charge on any atom is -0.483 e. The molecule has 0 spiro atoms. The van der Waals surface area contributed by atoms with Crippen molar-refractivity contribution in [3.05, 3.63) is 65.0 Å². The first kappa shape index (κ1) is 21.9. The van der Waals surface area contributed by atoms with Crippen molar-refractivity contribution in [1.82, 2.24) is 14.8 Å². The standard InChI is InChI=1S/C23H28N4O2S/c1-6-27-22(18(5)29-19-10-8-7-9-11-19)25-26-23(27)30-14-20(28)24-21-16(3)12-15(2)13-17(21)4/h7-13,18H,6,14H2,1-5H3,(H,24,28)/t18-/m0/s1. The van der Waals surface area contributed by atoms with Crippen molar-refractivity contribution in [2.45, 2.75) is 52.4 Å². The van der Waals surface area contributed by atoms with Crippen molar-refractivity contribution in [3.8, 4) is 5.75 Å². The Morgan fingerprint density at radius 1 is 1.13 bits per heavy atom. The lowest BCUT2D eigenvalue weighted by atomic mass is 10.1. The van der Waals surface area contributed by atoms with E-state index in [4.69, 9.17) is 4.74 Å². The highest BCUT2D eigenvalue weighted by molar-refractivity contribution is 7.99. The van der Waals surface area contributed by atoms with Gasteiger partial charge in [0.2, 0.25) is 5.91 Å². The molecular formula is C23H28N4O2S. The average Bonchev–Trinajstić information content (AvgIpc) is 3.13. The van der Waals surface area contributed by atoms with E-state index in [0.29, 0.717) is 11.7 Å². The van der Waals surface area contributed by atoms with E-state index >= 15 is 0 Å². The van der Waals surface area contributed by atoms with Crippen LogP contribution in [0.25, 0.3) is 0 Å². The van der Waals surface area contributed by atoms with Gasteiger partial charge in [0.15, 0.2) is 17.1 Å². The van der Waals surface area contributed by atoms with Crippen LogP contribution in [0.4, 0.5) is 5.69 Å². The normalized spacial score (nSPS) is 11.9. The molecule has 3 aromatic rings. The van der Waals surface area contributed by atoms with Gasteiger partial charge in [0.05, 0.1) is 5.75 Å². The van der Waals surface area contributed by atoms with Crippen LogP contribution in [0, 0.1) is 20.8 Å². The van der Waals surface area contributed by atoms with E-state index in [1.165, 1.54) is 17.3 Å². The molecule has 2 aromatic carbocycles. The van der Waals surface area contributed by atoms with Crippen molar-refractivity contribution in [2.24, 2.45) is 0 Å². The Morgan fingerprint density at radius 2 is 1.80 bits per heavy atom. The number of aromatic nitrogens is 3. The quantitative estimate of drug-likeness (QED) is 0.510. The van der Waals surface area contributed by atoms with Crippen LogP contribution >= 0.6 is 11.8 Å². The SMILES string of the molecule is CCn1c(SCC(=O)Nc2c(C)cc(C)cc2C)nnc1[C@H](C)Oc1ccccc1. The predicted molar refractivity (Wildman–Crippen MR) is 121 cm³/mol. The van der Waals surface area contributed by atoms with E-state index in [1.807, 2.05) is 62.6 Å². The van der Waals surface area contributed by atoms with Gasteiger partial charge < -0.3 is 14.6 Å². The van der Waals surface area contributed by atoms with Gasteiger partial charge in [0.25, 0.3) is 0 Å². The van der Waals surface area contributed by atoms with Crippen molar-refractivity contribution in [2.75, 3.05) is 11.1 Å². The van der Waals surface area contributed by atoms with Crippen LogP contribution in [0.1, 0.15) is 42.5 Å². The zero-order chi connectivity index (χ0) is 21.7. The second kappa shape index (κ2) is 9.80.